The summed E-state index contributed by atoms with van der Waals surface area (Å²) in [4.78, 5) is 0. The second-order valence-corrected chi connectivity index (χ2v) is 4.44. The van der Waals surface area contributed by atoms with Crippen molar-refractivity contribution in [1.29, 1.82) is 0 Å². The normalized spacial score (nSPS) is 14.2. The first-order chi connectivity index (χ1) is 5.16. The van der Waals surface area contributed by atoms with Gasteiger partial charge in [-0.2, -0.15) is 0 Å². The zero-order chi connectivity index (χ0) is 8.69. The van der Waals surface area contributed by atoms with Crippen molar-refractivity contribution in [2.45, 2.75) is 40.0 Å². The molecule has 2 heteroatoms. The largest absolute Gasteiger partial charge is 0.275 e. The minimum atomic E-state index is 0.308. The molecular weight excluding hydrogens is 155 g/mol. The number of hydrogen-bond acceptors (Lipinski definition) is 1. The Morgan fingerprint density at radius 3 is 2.36 bits per heavy atom. The summed E-state index contributed by atoms with van der Waals surface area (Å²) in [7, 11) is 0.308. The molecule has 0 aromatic heterocycles. The molecule has 0 heterocycles. The highest BCUT2D eigenvalue weighted by Crippen LogP contribution is 2.16. The van der Waals surface area contributed by atoms with Crippen LogP contribution in [0.4, 0.5) is 0 Å². The monoisotopic (exact) mass is 174 g/mol. The van der Waals surface area contributed by atoms with E-state index in [4.69, 9.17) is 0 Å². The van der Waals surface area contributed by atoms with E-state index in [1.54, 1.807) is 0 Å². The van der Waals surface area contributed by atoms with Crippen molar-refractivity contribution in [2.75, 3.05) is 6.16 Å². The highest BCUT2D eigenvalue weighted by Gasteiger charge is 2.03. The molecule has 0 aliphatic heterocycles. The molecule has 0 fully saturated rings. The summed E-state index contributed by atoms with van der Waals surface area (Å²) in [5, 5.41) is 0. The lowest BCUT2D eigenvalue weighted by atomic mass is 9.95. The van der Waals surface area contributed by atoms with Gasteiger partial charge in [-0.15, -0.1) is 0 Å². The van der Waals surface area contributed by atoms with Crippen LogP contribution >= 0.6 is 8.46 Å². The Kier molecular flexibility index (Phi) is 6.85. The maximum atomic E-state index is 10.1. The third-order valence-corrected chi connectivity index (χ3v) is 2.32. The molecule has 11 heavy (non-hydrogen) atoms. The fourth-order valence-electron chi connectivity index (χ4n) is 1.43. The molecular formula is C9H19OP. The first-order valence-electron chi connectivity index (χ1n) is 4.46. The van der Waals surface area contributed by atoms with E-state index in [9.17, 15) is 4.57 Å². The van der Waals surface area contributed by atoms with Crippen molar-refractivity contribution in [2.24, 2.45) is 11.8 Å². The standard InChI is InChI=1S/C9H19OP/c1-8(2)7-9(3)5-4-6-11-10/h8-9H,4-7H2,1-3H3. The molecule has 0 aromatic carbocycles. The van der Waals surface area contributed by atoms with Gasteiger partial charge in [0.15, 0.2) is 8.46 Å². The van der Waals surface area contributed by atoms with Crippen LogP contribution in [0.2, 0.25) is 0 Å². The SMILES string of the molecule is CC(C)CC(C)CCCP=O. The second kappa shape index (κ2) is 6.79. The molecule has 0 radical (unpaired) electrons. The molecule has 0 aliphatic rings. The summed E-state index contributed by atoms with van der Waals surface area (Å²) in [6, 6.07) is 0. The average molecular weight is 174 g/mol. The van der Waals surface area contributed by atoms with Gasteiger partial charge in [0, 0.05) is 6.16 Å². The summed E-state index contributed by atoms with van der Waals surface area (Å²) in [5.74, 6) is 1.60. The molecule has 0 saturated carbocycles. The van der Waals surface area contributed by atoms with Crippen molar-refractivity contribution < 1.29 is 4.57 Å². The quantitative estimate of drug-likeness (QED) is 0.443. The van der Waals surface area contributed by atoms with E-state index in [1.807, 2.05) is 0 Å². The van der Waals surface area contributed by atoms with E-state index in [0.29, 0.717) is 8.46 Å². The third-order valence-electron chi connectivity index (χ3n) is 1.82. The van der Waals surface area contributed by atoms with Crippen LogP contribution in [0.15, 0.2) is 0 Å². The highest BCUT2D eigenvalue weighted by atomic mass is 31.1. The smallest absolute Gasteiger partial charge is 0.155 e. The first-order valence-corrected chi connectivity index (χ1v) is 5.45. The van der Waals surface area contributed by atoms with E-state index in [-0.39, 0.29) is 0 Å². The Bertz CT molecular complexity index is 102. The van der Waals surface area contributed by atoms with Crippen LogP contribution in [0.1, 0.15) is 40.0 Å². The molecule has 0 rings (SSSR count). The summed E-state index contributed by atoms with van der Waals surface area (Å²) < 4.78 is 10.1. The summed E-state index contributed by atoms with van der Waals surface area (Å²) in [5.41, 5.74) is 0. The molecule has 0 bridgehead atoms. The predicted molar refractivity (Wildman–Crippen MR) is 50.3 cm³/mol. The molecule has 1 atom stereocenters. The fourth-order valence-corrected chi connectivity index (χ4v) is 1.74. The van der Waals surface area contributed by atoms with E-state index in [0.717, 1.165) is 24.4 Å². The lowest BCUT2D eigenvalue weighted by Crippen LogP contribution is -1.99. The average Bonchev–Trinajstić information content (AvgIpc) is 1.86. The van der Waals surface area contributed by atoms with Crippen LogP contribution in [-0.2, 0) is 4.57 Å². The Morgan fingerprint density at radius 2 is 1.91 bits per heavy atom. The van der Waals surface area contributed by atoms with Gasteiger partial charge in [0.2, 0.25) is 0 Å². The Morgan fingerprint density at radius 1 is 1.27 bits per heavy atom. The summed E-state index contributed by atoms with van der Waals surface area (Å²) in [6.07, 6.45) is 4.48. The van der Waals surface area contributed by atoms with Crippen molar-refractivity contribution in [3.05, 3.63) is 0 Å². The number of hydrogen-bond donors (Lipinski definition) is 0. The van der Waals surface area contributed by atoms with Gasteiger partial charge in [-0.25, -0.2) is 0 Å². The third kappa shape index (κ3) is 8.00. The van der Waals surface area contributed by atoms with Crippen LogP contribution in [0.5, 0.6) is 0 Å². The predicted octanol–water partition coefficient (Wildman–Crippen LogP) is 3.74. The molecule has 0 amide bonds. The Balaban J connectivity index is 3.21. The van der Waals surface area contributed by atoms with Crippen LogP contribution in [-0.4, -0.2) is 6.16 Å². The van der Waals surface area contributed by atoms with Crippen LogP contribution in [0.3, 0.4) is 0 Å². The highest BCUT2D eigenvalue weighted by molar-refractivity contribution is 7.23. The van der Waals surface area contributed by atoms with Gasteiger partial charge in [0.05, 0.1) is 0 Å². The van der Waals surface area contributed by atoms with E-state index < -0.39 is 0 Å². The topological polar surface area (TPSA) is 17.1 Å². The van der Waals surface area contributed by atoms with Crippen molar-refractivity contribution in [1.82, 2.24) is 0 Å². The second-order valence-electron chi connectivity index (χ2n) is 3.73. The minimum Gasteiger partial charge on any atom is -0.275 e. The minimum absolute atomic E-state index is 0.308. The molecule has 0 spiro atoms. The Labute approximate surface area is 71.8 Å². The van der Waals surface area contributed by atoms with Crippen LogP contribution < -0.4 is 0 Å². The number of rotatable bonds is 6. The lowest BCUT2D eigenvalue weighted by molar-refractivity contribution is 0.412. The van der Waals surface area contributed by atoms with E-state index in [2.05, 4.69) is 20.8 Å². The summed E-state index contributed by atoms with van der Waals surface area (Å²) in [6.45, 7) is 6.78. The first kappa shape index (κ1) is 11.1. The van der Waals surface area contributed by atoms with Gasteiger partial charge in [-0.05, 0) is 31.1 Å². The van der Waals surface area contributed by atoms with E-state index >= 15 is 0 Å². The molecule has 1 unspecified atom stereocenters. The van der Waals surface area contributed by atoms with Gasteiger partial charge in [0.1, 0.15) is 0 Å². The van der Waals surface area contributed by atoms with E-state index in [1.165, 1.54) is 12.8 Å². The molecule has 0 aromatic rings. The van der Waals surface area contributed by atoms with Crippen molar-refractivity contribution >= 4 is 8.46 Å². The zero-order valence-electron chi connectivity index (χ0n) is 7.84. The van der Waals surface area contributed by atoms with Gasteiger partial charge < -0.3 is 0 Å². The molecule has 1 nitrogen and oxygen atoms in total. The van der Waals surface area contributed by atoms with Gasteiger partial charge in [0.25, 0.3) is 0 Å². The maximum absolute atomic E-state index is 10.1. The Hall–Kier alpha value is 0.100. The van der Waals surface area contributed by atoms with Gasteiger partial charge in [-0.3, -0.25) is 4.57 Å². The molecule has 0 saturated heterocycles. The van der Waals surface area contributed by atoms with Crippen LogP contribution in [0, 0.1) is 11.8 Å². The van der Waals surface area contributed by atoms with Gasteiger partial charge >= 0.3 is 0 Å². The maximum Gasteiger partial charge on any atom is 0.155 e. The zero-order valence-corrected chi connectivity index (χ0v) is 8.73. The molecule has 0 aliphatic carbocycles. The molecule has 0 N–H and O–H groups in total. The fraction of sp³-hybridized carbons (Fsp3) is 1.00. The van der Waals surface area contributed by atoms with Crippen molar-refractivity contribution in [3.8, 4) is 0 Å². The lowest BCUT2D eigenvalue weighted by Gasteiger charge is -2.12. The summed E-state index contributed by atoms with van der Waals surface area (Å²) >= 11 is 0. The van der Waals surface area contributed by atoms with Crippen molar-refractivity contribution in [3.63, 3.8) is 0 Å². The molecule has 66 valence electrons. The van der Waals surface area contributed by atoms with Crippen LogP contribution in [0.25, 0.3) is 0 Å². The van der Waals surface area contributed by atoms with Gasteiger partial charge in [-0.1, -0.05) is 20.8 Å².